The molecule has 1 amide bonds. The second-order valence-electron chi connectivity index (χ2n) is 4.24. The molecule has 0 aliphatic carbocycles. The Bertz CT molecular complexity index is 174. The molecule has 1 atom stereocenters. The highest BCUT2D eigenvalue weighted by Gasteiger charge is 2.03. The number of thioether (sulfide) groups is 1. The molecule has 3 nitrogen and oxygen atoms in total. The summed E-state index contributed by atoms with van der Waals surface area (Å²) < 4.78 is 0. The van der Waals surface area contributed by atoms with Gasteiger partial charge in [-0.05, 0) is 38.3 Å². The lowest BCUT2D eigenvalue weighted by atomic mass is 10.2. The maximum atomic E-state index is 11.3. The topological polar surface area (TPSA) is 41.1 Å². The molecule has 15 heavy (non-hydrogen) atoms. The Labute approximate surface area is 97.8 Å². The molecule has 2 N–H and O–H groups in total. The highest BCUT2D eigenvalue weighted by molar-refractivity contribution is 7.98. The molecule has 90 valence electrons. The number of hydrogen-bond donors (Lipinski definition) is 2. The average Bonchev–Trinajstić information content (AvgIpc) is 2.12. The third-order valence-corrected chi connectivity index (χ3v) is 2.82. The van der Waals surface area contributed by atoms with Gasteiger partial charge in [0.2, 0.25) is 5.91 Å². The third-order valence-electron chi connectivity index (χ3n) is 1.92. The fourth-order valence-corrected chi connectivity index (χ4v) is 1.97. The van der Waals surface area contributed by atoms with E-state index in [0.29, 0.717) is 12.3 Å². The van der Waals surface area contributed by atoms with Gasteiger partial charge in [0, 0.05) is 19.0 Å². The van der Waals surface area contributed by atoms with Gasteiger partial charge in [-0.15, -0.1) is 0 Å². The minimum atomic E-state index is 0.134. The maximum absolute atomic E-state index is 11.3. The quantitative estimate of drug-likeness (QED) is 0.623. The molecule has 0 rings (SSSR count). The van der Waals surface area contributed by atoms with E-state index < -0.39 is 0 Å². The van der Waals surface area contributed by atoms with Crippen LogP contribution < -0.4 is 10.6 Å². The SMILES string of the molecule is CSCC(C)CNCCC(=O)NC(C)C. The van der Waals surface area contributed by atoms with Gasteiger partial charge in [0.1, 0.15) is 0 Å². The highest BCUT2D eigenvalue weighted by atomic mass is 32.2. The molecule has 4 heteroatoms. The maximum Gasteiger partial charge on any atom is 0.221 e. The van der Waals surface area contributed by atoms with Gasteiger partial charge in [-0.3, -0.25) is 4.79 Å². The van der Waals surface area contributed by atoms with Crippen LogP contribution >= 0.6 is 11.8 Å². The Morgan fingerprint density at radius 3 is 2.53 bits per heavy atom. The van der Waals surface area contributed by atoms with Crippen molar-refractivity contribution in [3.05, 3.63) is 0 Å². The summed E-state index contributed by atoms with van der Waals surface area (Å²) in [6, 6.07) is 0.243. The molecule has 1 unspecified atom stereocenters. The van der Waals surface area contributed by atoms with Crippen molar-refractivity contribution in [3.8, 4) is 0 Å². The van der Waals surface area contributed by atoms with Gasteiger partial charge in [0.05, 0.1) is 0 Å². The summed E-state index contributed by atoms with van der Waals surface area (Å²) in [4.78, 5) is 11.3. The van der Waals surface area contributed by atoms with E-state index in [0.717, 1.165) is 13.1 Å². The molecule has 0 heterocycles. The molecular formula is C11H24N2OS. The lowest BCUT2D eigenvalue weighted by molar-refractivity contribution is -0.121. The van der Waals surface area contributed by atoms with Crippen LogP contribution in [0.5, 0.6) is 0 Å². The van der Waals surface area contributed by atoms with Crippen LogP contribution in [0.3, 0.4) is 0 Å². The lowest BCUT2D eigenvalue weighted by Gasteiger charge is -2.11. The highest BCUT2D eigenvalue weighted by Crippen LogP contribution is 2.02. The summed E-state index contributed by atoms with van der Waals surface area (Å²) in [6.07, 6.45) is 2.69. The van der Waals surface area contributed by atoms with Crippen molar-refractivity contribution in [2.24, 2.45) is 5.92 Å². The van der Waals surface area contributed by atoms with Crippen molar-refractivity contribution < 1.29 is 4.79 Å². The number of nitrogens with one attached hydrogen (secondary N) is 2. The van der Waals surface area contributed by atoms with Gasteiger partial charge in [0.15, 0.2) is 0 Å². The number of carbonyl (C=O) groups excluding carboxylic acids is 1. The molecule has 0 aromatic heterocycles. The summed E-state index contributed by atoms with van der Waals surface area (Å²) in [5.74, 6) is 1.98. The Balaban J connectivity index is 3.34. The first-order chi connectivity index (χ1) is 7.06. The monoisotopic (exact) mass is 232 g/mol. The zero-order chi connectivity index (χ0) is 11.7. The fraction of sp³-hybridized carbons (Fsp3) is 0.909. The molecular weight excluding hydrogens is 208 g/mol. The van der Waals surface area contributed by atoms with Gasteiger partial charge in [0.25, 0.3) is 0 Å². The van der Waals surface area contributed by atoms with E-state index in [9.17, 15) is 4.79 Å². The Hall–Kier alpha value is -0.220. The standard InChI is InChI=1S/C11H24N2OS/c1-9(2)13-11(14)5-6-12-7-10(3)8-15-4/h9-10,12H,5-8H2,1-4H3,(H,13,14). The van der Waals surface area contributed by atoms with E-state index in [4.69, 9.17) is 0 Å². The number of rotatable bonds is 8. The summed E-state index contributed by atoms with van der Waals surface area (Å²) in [5.41, 5.74) is 0. The molecule has 0 spiro atoms. The Morgan fingerprint density at radius 2 is 2.00 bits per heavy atom. The van der Waals surface area contributed by atoms with Gasteiger partial charge in [-0.1, -0.05) is 6.92 Å². The first kappa shape index (κ1) is 14.8. The number of hydrogen-bond acceptors (Lipinski definition) is 3. The minimum absolute atomic E-state index is 0.134. The largest absolute Gasteiger partial charge is 0.354 e. The first-order valence-electron chi connectivity index (χ1n) is 5.55. The summed E-state index contributed by atoms with van der Waals surface area (Å²) >= 11 is 1.86. The molecule has 0 radical (unpaired) electrons. The Kier molecular flexibility index (Phi) is 8.91. The van der Waals surface area contributed by atoms with Crippen molar-refractivity contribution in [1.82, 2.24) is 10.6 Å². The second-order valence-corrected chi connectivity index (χ2v) is 5.15. The predicted octanol–water partition coefficient (Wildman–Crippen LogP) is 1.49. The zero-order valence-corrected chi connectivity index (χ0v) is 11.1. The fourth-order valence-electron chi connectivity index (χ4n) is 1.29. The predicted molar refractivity (Wildman–Crippen MR) is 68.3 cm³/mol. The summed E-state index contributed by atoms with van der Waals surface area (Å²) in [6.45, 7) is 7.95. The van der Waals surface area contributed by atoms with Crippen molar-refractivity contribution in [3.63, 3.8) is 0 Å². The Morgan fingerprint density at radius 1 is 1.33 bits per heavy atom. The second kappa shape index (κ2) is 9.04. The molecule has 0 aromatic carbocycles. The number of amides is 1. The van der Waals surface area contributed by atoms with Gasteiger partial charge >= 0.3 is 0 Å². The van der Waals surface area contributed by atoms with E-state index in [1.165, 1.54) is 5.75 Å². The van der Waals surface area contributed by atoms with Crippen molar-refractivity contribution in [2.75, 3.05) is 25.1 Å². The average molecular weight is 232 g/mol. The smallest absolute Gasteiger partial charge is 0.221 e. The normalized spacial score (nSPS) is 12.9. The van der Waals surface area contributed by atoms with Crippen LogP contribution in [0, 0.1) is 5.92 Å². The molecule has 0 aliphatic rings. The number of carbonyl (C=O) groups is 1. The third kappa shape index (κ3) is 10.1. The van der Waals surface area contributed by atoms with E-state index in [2.05, 4.69) is 23.8 Å². The van der Waals surface area contributed by atoms with Gasteiger partial charge in [-0.2, -0.15) is 11.8 Å². The lowest BCUT2D eigenvalue weighted by Crippen LogP contribution is -2.33. The molecule has 0 bridgehead atoms. The van der Waals surface area contributed by atoms with Crippen LogP contribution in [0.2, 0.25) is 0 Å². The van der Waals surface area contributed by atoms with Crippen LogP contribution in [0.25, 0.3) is 0 Å². The zero-order valence-electron chi connectivity index (χ0n) is 10.3. The molecule has 0 fully saturated rings. The first-order valence-corrected chi connectivity index (χ1v) is 6.94. The van der Waals surface area contributed by atoms with Gasteiger partial charge in [-0.25, -0.2) is 0 Å². The van der Waals surface area contributed by atoms with Crippen LogP contribution in [-0.2, 0) is 4.79 Å². The molecule has 0 aliphatic heterocycles. The summed E-state index contributed by atoms with van der Waals surface area (Å²) in [7, 11) is 0. The van der Waals surface area contributed by atoms with Crippen molar-refractivity contribution in [1.29, 1.82) is 0 Å². The van der Waals surface area contributed by atoms with E-state index in [-0.39, 0.29) is 11.9 Å². The van der Waals surface area contributed by atoms with Gasteiger partial charge < -0.3 is 10.6 Å². The minimum Gasteiger partial charge on any atom is -0.354 e. The molecule has 0 saturated carbocycles. The van der Waals surface area contributed by atoms with E-state index in [1.807, 2.05) is 25.6 Å². The molecule has 0 saturated heterocycles. The van der Waals surface area contributed by atoms with Crippen LogP contribution in [-0.4, -0.2) is 37.0 Å². The van der Waals surface area contributed by atoms with Crippen molar-refractivity contribution in [2.45, 2.75) is 33.2 Å². The van der Waals surface area contributed by atoms with Crippen molar-refractivity contribution >= 4 is 17.7 Å². The van der Waals surface area contributed by atoms with Crippen LogP contribution in [0.4, 0.5) is 0 Å². The van der Waals surface area contributed by atoms with E-state index in [1.54, 1.807) is 0 Å². The van der Waals surface area contributed by atoms with E-state index >= 15 is 0 Å². The summed E-state index contributed by atoms with van der Waals surface area (Å²) in [5, 5.41) is 6.17. The van der Waals surface area contributed by atoms with Crippen LogP contribution in [0.1, 0.15) is 27.2 Å². The molecule has 0 aromatic rings. The van der Waals surface area contributed by atoms with Crippen LogP contribution in [0.15, 0.2) is 0 Å².